The summed E-state index contributed by atoms with van der Waals surface area (Å²) in [6.07, 6.45) is 1.55. The van der Waals surface area contributed by atoms with Crippen LogP contribution in [-0.2, 0) is 0 Å². The molecule has 23 heavy (non-hydrogen) atoms. The summed E-state index contributed by atoms with van der Waals surface area (Å²) < 4.78 is 16.0. The van der Waals surface area contributed by atoms with E-state index in [4.69, 9.17) is 14.2 Å². The number of nitrogens with zero attached hydrogens (tertiary/aromatic N) is 1. The zero-order chi connectivity index (χ0) is 16.1. The number of benzene rings is 2. The van der Waals surface area contributed by atoms with E-state index in [0.29, 0.717) is 23.7 Å². The molecule has 0 fully saturated rings. The molecule has 0 aromatic heterocycles. The molecule has 0 bridgehead atoms. The average Bonchev–Trinajstić information content (AvgIpc) is 3.04. The number of amides is 1. The average molecular weight is 312 g/mol. The predicted molar refractivity (Wildman–Crippen MR) is 85.2 cm³/mol. The lowest BCUT2D eigenvalue weighted by Gasteiger charge is -2.06. The largest absolute Gasteiger partial charge is 0.493 e. The van der Waals surface area contributed by atoms with Crippen LogP contribution in [0.5, 0.6) is 17.2 Å². The van der Waals surface area contributed by atoms with Crippen molar-refractivity contribution >= 4 is 12.1 Å². The second kappa shape index (κ2) is 6.83. The second-order valence-corrected chi connectivity index (χ2v) is 4.74. The maximum absolute atomic E-state index is 12.1. The monoisotopic (exact) mass is 312 g/mol. The van der Waals surface area contributed by atoms with Gasteiger partial charge in [0.05, 0.1) is 12.8 Å². The molecule has 0 spiro atoms. The molecule has 1 amide bonds. The summed E-state index contributed by atoms with van der Waals surface area (Å²) in [6, 6.07) is 12.5. The van der Waals surface area contributed by atoms with Crippen LogP contribution in [0.1, 0.15) is 22.8 Å². The Morgan fingerprint density at radius 2 is 2.09 bits per heavy atom. The number of para-hydroxylation sites is 1. The number of fused-ring (bicyclic) bond motifs is 1. The van der Waals surface area contributed by atoms with Crippen molar-refractivity contribution in [2.75, 3.05) is 13.4 Å². The second-order valence-electron chi connectivity index (χ2n) is 4.74. The summed E-state index contributed by atoms with van der Waals surface area (Å²) in [5.74, 6) is 1.59. The Kier molecular flexibility index (Phi) is 4.42. The maximum atomic E-state index is 12.1. The fourth-order valence-corrected chi connectivity index (χ4v) is 2.14. The van der Waals surface area contributed by atoms with Crippen molar-refractivity contribution < 1.29 is 19.0 Å². The highest BCUT2D eigenvalue weighted by molar-refractivity contribution is 5.95. The Labute approximate surface area is 133 Å². The van der Waals surface area contributed by atoms with Gasteiger partial charge in [-0.25, -0.2) is 5.43 Å². The molecule has 1 heterocycles. The van der Waals surface area contributed by atoms with Crippen LogP contribution in [0.3, 0.4) is 0 Å². The van der Waals surface area contributed by atoms with Crippen molar-refractivity contribution in [1.82, 2.24) is 5.43 Å². The van der Waals surface area contributed by atoms with Crippen molar-refractivity contribution in [3.8, 4) is 17.2 Å². The standard InChI is InChI=1S/C17H16N2O4/c1-2-21-14-6-4-3-5-13(14)10-18-19-17(20)12-7-8-15-16(9-12)23-11-22-15/h3-10H,2,11H2,1H3,(H,19,20)/b18-10+. The zero-order valence-corrected chi connectivity index (χ0v) is 12.6. The summed E-state index contributed by atoms with van der Waals surface area (Å²) in [5.41, 5.74) is 3.73. The van der Waals surface area contributed by atoms with Gasteiger partial charge in [0, 0.05) is 11.1 Å². The van der Waals surface area contributed by atoms with E-state index in [2.05, 4.69) is 10.5 Å². The van der Waals surface area contributed by atoms with Crippen molar-refractivity contribution in [3.05, 3.63) is 53.6 Å². The van der Waals surface area contributed by atoms with Crippen molar-refractivity contribution in [1.29, 1.82) is 0 Å². The molecular formula is C17H16N2O4. The lowest BCUT2D eigenvalue weighted by atomic mass is 10.2. The smallest absolute Gasteiger partial charge is 0.271 e. The first-order valence-electron chi connectivity index (χ1n) is 7.23. The van der Waals surface area contributed by atoms with E-state index in [1.165, 1.54) is 0 Å². The Balaban J connectivity index is 1.67. The van der Waals surface area contributed by atoms with E-state index in [1.54, 1.807) is 24.4 Å². The molecule has 0 saturated heterocycles. The third kappa shape index (κ3) is 3.42. The SMILES string of the molecule is CCOc1ccccc1/C=N/NC(=O)c1ccc2c(c1)OCO2. The van der Waals surface area contributed by atoms with Crippen LogP contribution in [-0.4, -0.2) is 25.5 Å². The fraction of sp³-hybridized carbons (Fsp3) is 0.176. The highest BCUT2D eigenvalue weighted by Gasteiger charge is 2.15. The third-order valence-electron chi connectivity index (χ3n) is 3.22. The van der Waals surface area contributed by atoms with Gasteiger partial charge in [-0.15, -0.1) is 0 Å². The minimum absolute atomic E-state index is 0.173. The number of carbonyl (C=O) groups is 1. The van der Waals surface area contributed by atoms with E-state index >= 15 is 0 Å². The fourth-order valence-electron chi connectivity index (χ4n) is 2.14. The molecule has 0 aliphatic carbocycles. The lowest BCUT2D eigenvalue weighted by molar-refractivity contribution is 0.0954. The number of rotatable bonds is 5. The molecule has 6 nitrogen and oxygen atoms in total. The molecule has 118 valence electrons. The van der Waals surface area contributed by atoms with Crippen LogP contribution in [0.15, 0.2) is 47.6 Å². The maximum Gasteiger partial charge on any atom is 0.271 e. The number of hydrazone groups is 1. The quantitative estimate of drug-likeness (QED) is 0.680. The number of nitrogens with one attached hydrogen (secondary N) is 1. The van der Waals surface area contributed by atoms with Gasteiger partial charge in [-0.3, -0.25) is 4.79 Å². The highest BCUT2D eigenvalue weighted by Crippen LogP contribution is 2.32. The predicted octanol–water partition coefficient (Wildman–Crippen LogP) is 2.58. The van der Waals surface area contributed by atoms with Gasteiger partial charge in [-0.2, -0.15) is 5.10 Å². The van der Waals surface area contributed by atoms with E-state index < -0.39 is 0 Å². The summed E-state index contributed by atoms with van der Waals surface area (Å²) in [5, 5.41) is 3.98. The summed E-state index contributed by atoms with van der Waals surface area (Å²) >= 11 is 0. The highest BCUT2D eigenvalue weighted by atomic mass is 16.7. The molecule has 1 aliphatic heterocycles. The van der Waals surface area contributed by atoms with Gasteiger partial charge >= 0.3 is 0 Å². The molecule has 1 aliphatic rings. The van der Waals surface area contributed by atoms with Crippen molar-refractivity contribution in [3.63, 3.8) is 0 Å². The Hall–Kier alpha value is -3.02. The minimum Gasteiger partial charge on any atom is -0.493 e. The van der Waals surface area contributed by atoms with Crippen LogP contribution >= 0.6 is 0 Å². The van der Waals surface area contributed by atoms with E-state index in [0.717, 1.165) is 11.3 Å². The van der Waals surface area contributed by atoms with Gasteiger partial charge in [-0.05, 0) is 37.3 Å². The lowest BCUT2D eigenvalue weighted by Crippen LogP contribution is -2.17. The van der Waals surface area contributed by atoms with Gasteiger partial charge in [0.15, 0.2) is 11.5 Å². The third-order valence-corrected chi connectivity index (χ3v) is 3.22. The molecule has 3 rings (SSSR count). The van der Waals surface area contributed by atoms with Gasteiger partial charge in [0.2, 0.25) is 6.79 Å². The number of ether oxygens (including phenoxy) is 3. The van der Waals surface area contributed by atoms with E-state index in [9.17, 15) is 4.79 Å². The Morgan fingerprint density at radius 3 is 2.96 bits per heavy atom. The first-order valence-corrected chi connectivity index (χ1v) is 7.23. The van der Waals surface area contributed by atoms with Gasteiger partial charge in [-0.1, -0.05) is 12.1 Å². The molecule has 1 N–H and O–H groups in total. The van der Waals surface area contributed by atoms with Gasteiger partial charge in [0.1, 0.15) is 5.75 Å². The summed E-state index contributed by atoms with van der Waals surface area (Å²) in [4.78, 5) is 12.1. The van der Waals surface area contributed by atoms with Gasteiger partial charge in [0.25, 0.3) is 5.91 Å². The Morgan fingerprint density at radius 1 is 1.26 bits per heavy atom. The molecule has 0 unspecified atom stereocenters. The van der Waals surface area contributed by atoms with Gasteiger partial charge < -0.3 is 14.2 Å². The van der Waals surface area contributed by atoms with Crippen LogP contribution in [0.2, 0.25) is 0 Å². The first kappa shape index (κ1) is 14.9. The normalized spacial score (nSPS) is 12.4. The van der Waals surface area contributed by atoms with Crippen LogP contribution in [0.25, 0.3) is 0 Å². The molecule has 0 atom stereocenters. The van der Waals surface area contributed by atoms with Crippen LogP contribution < -0.4 is 19.6 Å². The van der Waals surface area contributed by atoms with E-state index in [1.807, 2.05) is 31.2 Å². The molecule has 2 aromatic rings. The number of hydrogen-bond donors (Lipinski definition) is 1. The molecule has 0 radical (unpaired) electrons. The molecule has 2 aromatic carbocycles. The van der Waals surface area contributed by atoms with E-state index in [-0.39, 0.29) is 12.7 Å². The number of carbonyl (C=O) groups excluding carboxylic acids is 1. The summed E-state index contributed by atoms with van der Waals surface area (Å²) in [6.45, 7) is 2.65. The number of hydrogen-bond acceptors (Lipinski definition) is 5. The van der Waals surface area contributed by atoms with Crippen molar-refractivity contribution in [2.24, 2.45) is 5.10 Å². The molecule has 0 saturated carbocycles. The zero-order valence-electron chi connectivity index (χ0n) is 12.6. The Bertz CT molecular complexity index is 743. The van der Waals surface area contributed by atoms with Crippen LogP contribution in [0, 0.1) is 0 Å². The van der Waals surface area contributed by atoms with Crippen LogP contribution in [0.4, 0.5) is 0 Å². The molecule has 6 heteroatoms. The first-order chi connectivity index (χ1) is 11.3. The minimum atomic E-state index is -0.326. The summed E-state index contributed by atoms with van der Waals surface area (Å²) in [7, 11) is 0. The molecular weight excluding hydrogens is 296 g/mol. The van der Waals surface area contributed by atoms with Crippen molar-refractivity contribution in [2.45, 2.75) is 6.92 Å². The topological polar surface area (TPSA) is 69.2 Å².